The molecule has 0 saturated carbocycles. The maximum Gasteiger partial charge on any atom is 0.275 e. The van der Waals surface area contributed by atoms with Crippen molar-refractivity contribution >= 4 is 5.84 Å². The number of amidine groups is 1. The monoisotopic (exact) mass is 210 g/mol. The lowest BCUT2D eigenvalue weighted by Crippen LogP contribution is -2.29. The van der Waals surface area contributed by atoms with Crippen LogP contribution in [0.5, 0.6) is 0 Å². The Balaban J connectivity index is 3.53. The molecule has 0 aromatic carbocycles. The zero-order valence-electron chi connectivity index (χ0n) is 8.74. The van der Waals surface area contributed by atoms with Crippen LogP contribution in [0.3, 0.4) is 0 Å². The molecule has 6 heteroatoms. The SMILES string of the molecule is CCc1n[nH]c(=O)c(C(N)=NO)c1CC. The number of H-pyrrole nitrogens is 1. The van der Waals surface area contributed by atoms with Crippen LogP contribution in [0.2, 0.25) is 0 Å². The topological polar surface area (TPSA) is 104 Å². The lowest BCUT2D eigenvalue weighted by atomic mass is 10.0. The fourth-order valence-corrected chi connectivity index (χ4v) is 1.52. The van der Waals surface area contributed by atoms with E-state index in [1.807, 2.05) is 13.8 Å². The van der Waals surface area contributed by atoms with E-state index in [1.54, 1.807) is 0 Å². The summed E-state index contributed by atoms with van der Waals surface area (Å²) in [6, 6.07) is 0. The average Bonchev–Trinajstić information content (AvgIpc) is 2.27. The summed E-state index contributed by atoms with van der Waals surface area (Å²) in [5, 5.41) is 17.7. The lowest BCUT2D eigenvalue weighted by molar-refractivity contribution is 0.318. The predicted octanol–water partition coefficient (Wildman–Crippen LogP) is -0.0108. The molecule has 0 saturated heterocycles. The molecule has 4 N–H and O–H groups in total. The van der Waals surface area contributed by atoms with Gasteiger partial charge in [-0.1, -0.05) is 19.0 Å². The number of nitrogens with two attached hydrogens (primary N) is 1. The van der Waals surface area contributed by atoms with E-state index in [-0.39, 0.29) is 11.4 Å². The molecule has 6 nitrogen and oxygen atoms in total. The van der Waals surface area contributed by atoms with Crippen LogP contribution < -0.4 is 11.3 Å². The molecule has 0 aliphatic heterocycles. The van der Waals surface area contributed by atoms with Gasteiger partial charge in [0.1, 0.15) is 0 Å². The molecule has 1 aromatic heterocycles. The van der Waals surface area contributed by atoms with Crippen molar-refractivity contribution in [3.63, 3.8) is 0 Å². The highest BCUT2D eigenvalue weighted by Gasteiger charge is 2.15. The minimum atomic E-state index is -0.431. The Morgan fingerprint density at radius 2 is 2.20 bits per heavy atom. The number of hydrogen-bond acceptors (Lipinski definition) is 4. The van der Waals surface area contributed by atoms with Gasteiger partial charge in [-0.05, 0) is 18.4 Å². The molecule has 0 unspecified atom stereocenters. The molecule has 82 valence electrons. The second-order valence-electron chi connectivity index (χ2n) is 3.05. The van der Waals surface area contributed by atoms with Crippen LogP contribution in [0.1, 0.15) is 30.7 Å². The number of aromatic nitrogens is 2. The van der Waals surface area contributed by atoms with Gasteiger partial charge in [-0.15, -0.1) is 0 Å². The zero-order chi connectivity index (χ0) is 11.4. The summed E-state index contributed by atoms with van der Waals surface area (Å²) in [4.78, 5) is 11.5. The summed E-state index contributed by atoms with van der Waals surface area (Å²) in [6.45, 7) is 3.82. The third kappa shape index (κ3) is 1.98. The van der Waals surface area contributed by atoms with Crippen molar-refractivity contribution in [2.45, 2.75) is 26.7 Å². The van der Waals surface area contributed by atoms with E-state index in [0.717, 1.165) is 11.3 Å². The van der Waals surface area contributed by atoms with Gasteiger partial charge in [0.25, 0.3) is 5.56 Å². The molecule has 15 heavy (non-hydrogen) atoms. The minimum Gasteiger partial charge on any atom is -0.409 e. The molecule has 0 fully saturated rings. The third-order valence-electron chi connectivity index (χ3n) is 2.22. The molecule has 0 radical (unpaired) electrons. The molecule has 1 heterocycles. The molecule has 0 aliphatic rings. The van der Waals surface area contributed by atoms with Gasteiger partial charge in [-0.25, -0.2) is 5.10 Å². The first-order valence-electron chi connectivity index (χ1n) is 4.73. The Labute approximate surface area is 86.8 Å². The van der Waals surface area contributed by atoms with E-state index in [1.165, 1.54) is 0 Å². The summed E-state index contributed by atoms with van der Waals surface area (Å²) in [5.41, 5.74) is 6.73. The quantitative estimate of drug-likeness (QED) is 0.282. The Bertz CT molecular complexity index is 436. The minimum absolute atomic E-state index is 0.176. The molecule has 0 amide bonds. The van der Waals surface area contributed by atoms with Crippen molar-refractivity contribution < 1.29 is 5.21 Å². The van der Waals surface area contributed by atoms with Crippen molar-refractivity contribution in [1.29, 1.82) is 0 Å². The molecule has 1 rings (SSSR count). The maximum atomic E-state index is 11.5. The van der Waals surface area contributed by atoms with Gasteiger partial charge in [0.2, 0.25) is 0 Å². The number of aryl methyl sites for hydroxylation is 1. The van der Waals surface area contributed by atoms with Crippen LogP contribution in [0.15, 0.2) is 9.95 Å². The first kappa shape index (κ1) is 11.2. The first-order valence-corrected chi connectivity index (χ1v) is 4.73. The van der Waals surface area contributed by atoms with Crippen LogP contribution in [0.25, 0.3) is 0 Å². The summed E-state index contributed by atoms with van der Waals surface area (Å²) in [6.07, 6.45) is 1.30. The van der Waals surface area contributed by atoms with Crippen LogP contribution >= 0.6 is 0 Å². The molecule has 0 spiro atoms. The van der Waals surface area contributed by atoms with E-state index < -0.39 is 5.56 Å². The van der Waals surface area contributed by atoms with Crippen molar-refractivity contribution in [3.05, 3.63) is 27.2 Å². The van der Waals surface area contributed by atoms with Gasteiger partial charge in [0.05, 0.1) is 11.3 Å². The van der Waals surface area contributed by atoms with Gasteiger partial charge in [-0.2, -0.15) is 5.10 Å². The van der Waals surface area contributed by atoms with Crippen LogP contribution in [-0.4, -0.2) is 21.2 Å². The Morgan fingerprint density at radius 3 is 2.67 bits per heavy atom. The van der Waals surface area contributed by atoms with Crippen molar-refractivity contribution in [2.75, 3.05) is 0 Å². The largest absolute Gasteiger partial charge is 0.409 e. The Morgan fingerprint density at radius 1 is 1.53 bits per heavy atom. The smallest absolute Gasteiger partial charge is 0.275 e. The molecule has 0 aliphatic carbocycles. The molecule has 1 aromatic rings. The molecular weight excluding hydrogens is 196 g/mol. The van der Waals surface area contributed by atoms with Gasteiger partial charge in [-0.3, -0.25) is 4.79 Å². The Hall–Kier alpha value is -1.85. The first-order chi connectivity index (χ1) is 7.15. The van der Waals surface area contributed by atoms with Crippen molar-refractivity contribution in [2.24, 2.45) is 10.9 Å². The molecular formula is C9H14N4O2. The number of aromatic amines is 1. The second kappa shape index (κ2) is 4.59. The fraction of sp³-hybridized carbons (Fsp3) is 0.444. The number of oxime groups is 1. The highest BCUT2D eigenvalue weighted by Crippen LogP contribution is 2.09. The number of hydrogen-bond donors (Lipinski definition) is 3. The number of nitrogens with zero attached hydrogens (tertiary/aromatic N) is 2. The second-order valence-corrected chi connectivity index (χ2v) is 3.05. The standard InChI is InChI=1S/C9H14N4O2/c1-3-5-6(4-2)11-12-9(14)7(5)8(10)13-15/h15H,3-4H2,1-2H3,(H2,10,13)(H,12,14). The van der Waals surface area contributed by atoms with Crippen LogP contribution in [-0.2, 0) is 12.8 Å². The lowest BCUT2D eigenvalue weighted by Gasteiger charge is -2.08. The normalized spacial score (nSPS) is 11.7. The maximum absolute atomic E-state index is 11.5. The van der Waals surface area contributed by atoms with E-state index in [0.29, 0.717) is 12.8 Å². The van der Waals surface area contributed by atoms with Crippen LogP contribution in [0.4, 0.5) is 0 Å². The van der Waals surface area contributed by atoms with Gasteiger partial charge >= 0.3 is 0 Å². The van der Waals surface area contributed by atoms with E-state index in [2.05, 4.69) is 15.4 Å². The van der Waals surface area contributed by atoms with E-state index >= 15 is 0 Å². The zero-order valence-corrected chi connectivity index (χ0v) is 8.74. The number of nitrogens with one attached hydrogen (secondary N) is 1. The summed E-state index contributed by atoms with van der Waals surface area (Å²) >= 11 is 0. The van der Waals surface area contributed by atoms with E-state index in [9.17, 15) is 4.79 Å². The van der Waals surface area contributed by atoms with Crippen molar-refractivity contribution in [1.82, 2.24) is 10.2 Å². The van der Waals surface area contributed by atoms with Crippen LogP contribution in [0, 0.1) is 0 Å². The van der Waals surface area contributed by atoms with Gasteiger partial charge in [0.15, 0.2) is 5.84 Å². The average molecular weight is 210 g/mol. The highest BCUT2D eigenvalue weighted by atomic mass is 16.4. The summed E-state index contributed by atoms with van der Waals surface area (Å²) in [7, 11) is 0. The van der Waals surface area contributed by atoms with E-state index in [4.69, 9.17) is 10.9 Å². The Kier molecular flexibility index (Phi) is 3.43. The summed E-state index contributed by atoms with van der Waals surface area (Å²) < 4.78 is 0. The summed E-state index contributed by atoms with van der Waals surface area (Å²) in [5.74, 6) is -0.176. The molecule has 0 bridgehead atoms. The highest BCUT2D eigenvalue weighted by molar-refractivity contribution is 5.98. The van der Waals surface area contributed by atoms with Crippen molar-refractivity contribution in [3.8, 4) is 0 Å². The molecule has 0 atom stereocenters. The fourth-order valence-electron chi connectivity index (χ4n) is 1.52. The number of rotatable bonds is 3. The van der Waals surface area contributed by atoms with Gasteiger partial charge < -0.3 is 10.9 Å². The van der Waals surface area contributed by atoms with Gasteiger partial charge in [0, 0.05) is 0 Å². The predicted molar refractivity (Wildman–Crippen MR) is 56.1 cm³/mol. The third-order valence-corrected chi connectivity index (χ3v) is 2.22.